The molecule has 0 saturated carbocycles. The summed E-state index contributed by atoms with van der Waals surface area (Å²) in [6, 6.07) is 19.4. The predicted octanol–water partition coefficient (Wildman–Crippen LogP) is 5.01. The maximum Gasteiger partial charge on any atom is 0.236 e. The number of hydrogen-bond acceptors (Lipinski definition) is 2. The molecule has 1 N–H and O–H groups in total. The average molecular weight is 333 g/mol. The van der Waals surface area contributed by atoms with Crippen LogP contribution in [-0.2, 0) is 4.79 Å². The molecule has 0 bridgehead atoms. The number of carbonyl (C=O) groups is 1. The third kappa shape index (κ3) is 2.76. The van der Waals surface area contributed by atoms with Crippen LogP contribution in [-0.4, -0.2) is 5.91 Å². The molecule has 3 aromatic carbocycles. The van der Waals surface area contributed by atoms with Gasteiger partial charge in [0, 0.05) is 16.8 Å². The number of para-hydroxylation sites is 2. The van der Waals surface area contributed by atoms with Crippen molar-refractivity contribution in [3.63, 3.8) is 0 Å². The van der Waals surface area contributed by atoms with Gasteiger partial charge >= 0.3 is 0 Å². The zero-order valence-electron chi connectivity index (χ0n) is 13.6. The maximum atomic E-state index is 13.3. The van der Waals surface area contributed by atoms with Gasteiger partial charge in [0.2, 0.25) is 5.91 Å². The minimum Gasteiger partial charge on any atom is -0.457 e. The molecule has 0 spiro atoms. The van der Waals surface area contributed by atoms with E-state index in [1.807, 2.05) is 48.5 Å². The second-order valence-corrected chi connectivity index (χ2v) is 6.06. The Morgan fingerprint density at radius 1 is 0.960 bits per heavy atom. The summed E-state index contributed by atoms with van der Waals surface area (Å²) in [6.07, 6.45) is 0. The van der Waals surface area contributed by atoms with Gasteiger partial charge in [-0.3, -0.25) is 4.79 Å². The first-order valence-electron chi connectivity index (χ1n) is 8.06. The predicted molar refractivity (Wildman–Crippen MR) is 94.6 cm³/mol. The van der Waals surface area contributed by atoms with Crippen LogP contribution in [0.2, 0.25) is 0 Å². The van der Waals surface area contributed by atoms with Crippen molar-refractivity contribution in [2.75, 3.05) is 5.32 Å². The lowest BCUT2D eigenvalue weighted by Crippen LogP contribution is -2.25. The number of anilines is 1. The topological polar surface area (TPSA) is 38.3 Å². The third-order valence-electron chi connectivity index (χ3n) is 4.39. The number of nitrogens with one attached hydrogen (secondary N) is 1. The second kappa shape index (κ2) is 6.06. The third-order valence-corrected chi connectivity index (χ3v) is 4.39. The summed E-state index contributed by atoms with van der Waals surface area (Å²) in [4.78, 5) is 13.1. The molecule has 0 fully saturated rings. The molecule has 1 aliphatic rings. The molecule has 4 heteroatoms. The molecule has 0 atom stereocenters. The van der Waals surface area contributed by atoms with Crippen molar-refractivity contribution in [1.29, 1.82) is 0 Å². The van der Waals surface area contributed by atoms with Crippen LogP contribution in [0.4, 0.5) is 10.1 Å². The Kier molecular flexibility index (Phi) is 3.73. The maximum absolute atomic E-state index is 13.3. The standard InChI is InChI=1S/C21H16FNO2/c1-13-12-14(22)10-11-17(13)23-21(24)20-15-6-2-4-8-18(15)25-19-9-5-3-7-16(19)20/h2-12,20H,1H3,(H,23,24). The minimum atomic E-state index is -0.481. The molecule has 1 aliphatic heterocycles. The van der Waals surface area contributed by atoms with Gasteiger partial charge in [-0.05, 0) is 42.8 Å². The van der Waals surface area contributed by atoms with Crippen LogP contribution in [0.1, 0.15) is 22.6 Å². The first-order valence-corrected chi connectivity index (χ1v) is 8.06. The summed E-state index contributed by atoms with van der Waals surface area (Å²) in [6.45, 7) is 1.77. The lowest BCUT2D eigenvalue weighted by Gasteiger charge is -2.27. The molecule has 0 aromatic heterocycles. The fourth-order valence-electron chi connectivity index (χ4n) is 3.16. The van der Waals surface area contributed by atoms with E-state index in [-0.39, 0.29) is 11.7 Å². The van der Waals surface area contributed by atoms with Crippen molar-refractivity contribution < 1.29 is 13.9 Å². The number of benzene rings is 3. The monoisotopic (exact) mass is 333 g/mol. The van der Waals surface area contributed by atoms with Gasteiger partial charge in [0.1, 0.15) is 17.3 Å². The van der Waals surface area contributed by atoms with E-state index in [0.29, 0.717) is 22.7 Å². The average Bonchev–Trinajstić information content (AvgIpc) is 2.62. The largest absolute Gasteiger partial charge is 0.457 e. The Labute approximate surface area is 145 Å². The number of aryl methyl sites for hydroxylation is 1. The van der Waals surface area contributed by atoms with E-state index in [9.17, 15) is 9.18 Å². The van der Waals surface area contributed by atoms with Crippen LogP contribution >= 0.6 is 0 Å². The van der Waals surface area contributed by atoms with Gasteiger partial charge in [-0.15, -0.1) is 0 Å². The number of ether oxygens (including phenoxy) is 1. The molecule has 124 valence electrons. The summed E-state index contributed by atoms with van der Waals surface area (Å²) in [7, 11) is 0. The number of amides is 1. The van der Waals surface area contributed by atoms with Crippen molar-refractivity contribution in [2.24, 2.45) is 0 Å². The van der Waals surface area contributed by atoms with Crippen LogP contribution < -0.4 is 10.1 Å². The van der Waals surface area contributed by atoms with Crippen LogP contribution in [0.5, 0.6) is 11.5 Å². The first-order chi connectivity index (χ1) is 12.1. The van der Waals surface area contributed by atoms with Crippen LogP contribution in [0.25, 0.3) is 0 Å². The summed E-state index contributed by atoms with van der Waals surface area (Å²) < 4.78 is 19.2. The summed E-state index contributed by atoms with van der Waals surface area (Å²) in [5.74, 6) is 0.384. The van der Waals surface area contributed by atoms with Crippen molar-refractivity contribution in [2.45, 2.75) is 12.8 Å². The SMILES string of the molecule is Cc1cc(F)ccc1NC(=O)C1c2ccccc2Oc2ccccc21. The lowest BCUT2D eigenvalue weighted by atomic mass is 9.87. The Morgan fingerprint density at radius 3 is 2.16 bits per heavy atom. The fraction of sp³-hybridized carbons (Fsp3) is 0.0952. The van der Waals surface area contributed by atoms with Crippen LogP contribution in [0, 0.1) is 12.7 Å². The van der Waals surface area contributed by atoms with Gasteiger partial charge in [-0.25, -0.2) is 4.39 Å². The van der Waals surface area contributed by atoms with E-state index in [2.05, 4.69) is 5.32 Å². The van der Waals surface area contributed by atoms with Gasteiger partial charge in [-0.1, -0.05) is 36.4 Å². The van der Waals surface area contributed by atoms with Crippen LogP contribution in [0.15, 0.2) is 66.7 Å². The summed E-state index contributed by atoms with van der Waals surface area (Å²) >= 11 is 0. The Balaban J connectivity index is 1.75. The minimum absolute atomic E-state index is 0.169. The van der Waals surface area contributed by atoms with E-state index >= 15 is 0 Å². The summed E-state index contributed by atoms with van der Waals surface area (Å²) in [5, 5.41) is 2.93. The molecule has 0 radical (unpaired) electrons. The molecule has 0 aliphatic carbocycles. The number of hydrogen-bond donors (Lipinski definition) is 1. The van der Waals surface area contributed by atoms with E-state index in [1.54, 1.807) is 13.0 Å². The number of halogens is 1. The van der Waals surface area contributed by atoms with Gasteiger partial charge in [-0.2, -0.15) is 0 Å². The zero-order chi connectivity index (χ0) is 17.4. The molecular formula is C21H16FNO2. The van der Waals surface area contributed by atoms with E-state index in [1.165, 1.54) is 12.1 Å². The molecule has 0 saturated heterocycles. The van der Waals surface area contributed by atoms with Crippen LogP contribution in [0.3, 0.4) is 0 Å². The van der Waals surface area contributed by atoms with Crippen molar-refractivity contribution in [3.8, 4) is 11.5 Å². The van der Waals surface area contributed by atoms with Gasteiger partial charge < -0.3 is 10.1 Å². The highest BCUT2D eigenvalue weighted by Crippen LogP contribution is 2.44. The molecule has 3 nitrogen and oxygen atoms in total. The van der Waals surface area contributed by atoms with Gasteiger partial charge in [0.15, 0.2) is 0 Å². The molecular weight excluding hydrogens is 317 g/mol. The number of carbonyl (C=O) groups excluding carboxylic acids is 1. The molecule has 25 heavy (non-hydrogen) atoms. The Bertz CT molecular complexity index is 922. The summed E-state index contributed by atoms with van der Waals surface area (Å²) in [5.41, 5.74) is 2.92. The quantitative estimate of drug-likeness (QED) is 0.716. The Hall–Kier alpha value is -3.14. The van der Waals surface area contributed by atoms with E-state index in [0.717, 1.165) is 11.1 Å². The lowest BCUT2D eigenvalue weighted by molar-refractivity contribution is -0.116. The molecule has 0 unspecified atom stereocenters. The number of fused-ring (bicyclic) bond motifs is 2. The first kappa shape index (κ1) is 15.4. The highest BCUT2D eigenvalue weighted by atomic mass is 19.1. The molecule has 1 amide bonds. The van der Waals surface area contributed by atoms with Gasteiger partial charge in [0.05, 0.1) is 5.92 Å². The van der Waals surface area contributed by atoms with Crippen molar-refractivity contribution in [3.05, 3.63) is 89.2 Å². The highest BCUT2D eigenvalue weighted by Gasteiger charge is 2.32. The smallest absolute Gasteiger partial charge is 0.236 e. The normalized spacial score (nSPS) is 12.7. The van der Waals surface area contributed by atoms with Gasteiger partial charge in [0.25, 0.3) is 0 Å². The fourth-order valence-corrected chi connectivity index (χ4v) is 3.16. The molecule has 4 rings (SSSR count). The van der Waals surface area contributed by atoms with Crippen molar-refractivity contribution in [1.82, 2.24) is 0 Å². The van der Waals surface area contributed by atoms with Crippen molar-refractivity contribution >= 4 is 11.6 Å². The van der Waals surface area contributed by atoms with E-state index in [4.69, 9.17) is 4.74 Å². The Morgan fingerprint density at radius 2 is 1.56 bits per heavy atom. The number of rotatable bonds is 2. The second-order valence-electron chi connectivity index (χ2n) is 6.06. The zero-order valence-corrected chi connectivity index (χ0v) is 13.6. The molecule has 1 heterocycles. The highest BCUT2D eigenvalue weighted by molar-refractivity contribution is 6.00. The van der Waals surface area contributed by atoms with E-state index < -0.39 is 5.92 Å². The molecule has 3 aromatic rings.